The van der Waals surface area contributed by atoms with Gasteiger partial charge < -0.3 is 5.11 Å². The number of rotatable bonds is 4. The fourth-order valence-electron chi connectivity index (χ4n) is 0.708. The average molecular weight is 193 g/mol. The van der Waals surface area contributed by atoms with Crippen LogP contribution in [0.25, 0.3) is 0 Å². The zero-order valence-electron chi connectivity index (χ0n) is 6.89. The highest BCUT2D eigenvalue weighted by Crippen LogP contribution is 2.11. The molecule has 12 heavy (non-hydrogen) atoms. The van der Waals surface area contributed by atoms with Crippen molar-refractivity contribution in [1.82, 2.24) is 0 Å². The molecule has 5 nitrogen and oxygen atoms in total. The summed E-state index contributed by atoms with van der Waals surface area (Å²) in [6, 6.07) is -1.15. The molecule has 0 aliphatic rings. The largest absolute Gasteiger partial charge is 0.480 e. The Morgan fingerprint density at radius 2 is 2.08 bits per heavy atom. The summed E-state index contributed by atoms with van der Waals surface area (Å²) in [5.41, 5.74) is 0. The van der Waals surface area contributed by atoms with Crippen molar-refractivity contribution in [1.29, 1.82) is 0 Å². The molecule has 6 heteroatoms. The quantitative estimate of drug-likeness (QED) is 0.706. The predicted molar refractivity (Wildman–Crippen MR) is 42.2 cm³/mol. The van der Waals surface area contributed by atoms with Crippen LogP contribution in [0.5, 0.6) is 0 Å². The highest BCUT2D eigenvalue weighted by atomic mass is 32.2. The molecule has 0 unspecified atom stereocenters. The molecule has 0 fully saturated rings. The first kappa shape index (κ1) is 11.1. The SMILES string of the molecule is CC[C@H](C)[C@H](N=S(=O)=O)C(=O)O. The molecule has 0 aliphatic carbocycles. The highest BCUT2D eigenvalue weighted by molar-refractivity contribution is 7.61. The molecule has 2 atom stereocenters. The van der Waals surface area contributed by atoms with E-state index < -0.39 is 22.5 Å². The van der Waals surface area contributed by atoms with Crippen LogP contribution in [-0.4, -0.2) is 25.5 Å². The lowest BCUT2D eigenvalue weighted by Crippen LogP contribution is -2.25. The molecule has 0 saturated heterocycles. The topological polar surface area (TPSA) is 83.8 Å². The normalized spacial score (nSPS) is 14.8. The maximum absolute atomic E-state index is 10.5. The fraction of sp³-hybridized carbons (Fsp3) is 0.833. The molecular weight excluding hydrogens is 182 g/mol. The number of aliphatic carboxylic acids is 1. The third kappa shape index (κ3) is 3.47. The van der Waals surface area contributed by atoms with E-state index in [0.717, 1.165) is 0 Å². The van der Waals surface area contributed by atoms with E-state index in [2.05, 4.69) is 4.36 Å². The van der Waals surface area contributed by atoms with Gasteiger partial charge in [-0.2, -0.15) is 12.8 Å². The molecule has 0 saturated carbocycles. The Labute approximate surface area is 72.1 Å². The summed E-state index contributed by atoms with van der Waals surface area (Å²) in [7, 11) is -2.64. The van der Waals surface area contributed by atoms with Gasteiger partial charge in [-0.05, 0) is 5.92 Å². The number of hydrogen-bond donors (Lipinski definition) is 1. The Kier molecular flexibility index (Phi) is 4.50. The van der Waals surface area contributed by atoms with E-state index in [-0.39, 0.29) is 5.92 Å². The predicted octanol–water partition coefficient (Wildman–Crippen LogP) is 0.548. The maximum Gasteiger partial charge on any atom is 0.330 e. The van der Waals surface area contributed by atoms with Gasteiger partial charge in [-0.3, -0.25) is 0 Å². The molecular formula is C6H11NO4S. The molecule has 0 heterocycles. The van der Waals surface area contributed by atoms with Crippen LogP contribution in [-0.2, 0) is 15.3 Å². The number of carboxylic acid groups (broad SMARTS) is 1. The second-order valence-corrected chi connectivity index (χ2v) is 3.14. The van der Waals surface area contributed by atoms with Crippen molar-refractivity contribution in [2.75, 3.05) is 0 Å². The maximum atomic E-state index is 10.5. The minimum absolute atomic E-state index is 0.264. The second kappa shape index (κ2) is 4.87. The van der Waals surface area contributed by atoms with Crippen LogP contribution in [0.1, 0.15) is 20.3 Å². The lowest BCUT2D eigenvalue weighted by molar-refractivity contribution is -0.139. The van der Waals surface area contributed by atoms with Gasteiger partial charge >= 0.3 is 16.5 Å². The van der Waals surface area contributed by atoms with E-state index >= 15 is 0 Å². The van der Waals surface area contributed by atoms with E-state index in [4.69, 9.17) is 5.11 Å². The van der Waals surface area contributed by atoms with Crippen LogP contribution in [0.15, 0.2) is 4.36 Å². The lowest BCUT2D eigenvalue weighted by atomic mass is 10.0. The van der Waals surface area contributed by atoms with Gasteiger partial charge in [-0.15, -0.1) is 0 Å². The van der Waals surface area contributed by atoms with Crippen LogP contribution in [0, 0.1) is 5.92 Å². The average Bonchev–Trinajstić information content (AvgIpc) is 1.98. The first-order valence-corrected chi connectivity index (χ1v) is 4.55. The monoisotopic (exact) mass is 193 g/mol. The number of nitrogens with zero attached hydrogens (tertiary/aromatic N) is 1. The van der Waals surface area contributed by atoms with Crippen LogP contribution in [0.4, 0.5) is 0 Å². The summed E-state index contributed by atoms with van der Waals surface area (Å²) in [4.78, 5) is 10.5. The molecule has 0 radical (unpaired) electrons. The zero-order valence-corrected chi connectivity index (χ0v) is 7.71. The summed E-state index contributed by atoms with van der Waals surface area (Å²) < 4.78 is 23.3. The van der Waals surface area contributed by atoms with Crippen molar-refractivity contribution in [2.24, 2.45) is 10.3 Å². The summed E-state index contributed by atoms with van der Waals surface area (Å²) in [6.07, 6.45) is 0.581. The van der Waals surface area contributed by atoms with Crippen molar-refractivity contribution in [2.45, 2.75) is 26.3 Å². The van der Waals surface area contributed by atoms with Crippen molar-refractivity contribution in [3.8, 4) is 0 Å². The van der Waals surface area contributed by atoms with Crippen LogP contribution < -0.4 is 0 Å². The standard InChI is InChI=1S/C6H11NO4S/c1-3-4(2)5(6(8)9)7-12(10)11/h4-5H,3H2,1-2H3,(H,8,9)/t4-,5-/m0/s1. The molecule has 1 N–H and O–H groups in total. The molecule has 0 amide bonds. The molecule has 0 rings (SSSR count). The van der Waals surface area contributed by atoms with Gasteiger partial charge in [0.25, 0.3) is 0 Å². The van der Waals surface area contributed by atoms with Gasteiger partial charge in [-0.1, -0.05) is 20.3 Å². The summed E-state index contributed by atoms with van der Waals surface area (Å²) >= 11 is 0. The van der Waals surface area contributed by atoms with Crippen LogP contribution in [0.3, 0.4) is 0 Å². The van der Waals surface area contributed by atoms with Crippen molar-refractivity contribution in [3.63, 3.8) is 0 Å². The Morgan fingerprint density at radius 1 is 1.58 bits per heavy atom. The van der Waals surface area contributed by atoms with E-state index in [0.29, 0.717) is 6.42 Å². The summed E-state index contributed by atoms with van der Waals surface area (Å²) in [5, 5.41) is 8.56. The Morgan fingerprint density at radius 3 is 2.33 bits per heavy atom. The number of carbonyl (C=O) groups is 1. The smallest absolute Gasteiger partial charge is 0.330 e. The number of carboxylic acids is 1. The van der Waals surface area contributed by atoms with Gasteiger partial charge in [0.15, 0.2) is 6.04 Å². The van der Waals surface area contributed by atoms with Gasteiger partial charge in [0.1, 0.15) is 0 Å². The molecule has 0 spiro atoms. The van der Waals surface area contributed by atoms with E-state index in [1.165, 1.54) is 0 Å². The van der Waals surface area contributed by atoms with Crippen molar-refractivity contribution in [3.05, 3.63) is 0 Å². The first-order valence-electron chi connectivity index (χ1n) is 3.52. The molecule has 0 aromatic rings. The van der Waals surface area contributed by atoms with Gasteiger partial charge in [-0.25, -0.2) is 4.79 Å². The van der Waals surface area contributed by atoms with E-state index in [1.807, 2.05) is 0 Å². The van der Waals surface area contributed by atoms with E-state index in [1.54, 1.807) is 13.8 Å². The minimum atomic E-state index is -2.64. The van der Waals surface area contributed by atoms with Gasteiger partial charge in [0.05, 0.1) is 0 Å². The Balaban J connectivity index is 4.68. The Hall–Kier alpha value is -0.910. The summed E-state index contributed by atoms with van der Waals surface area (Å²) in [5.74, 6) is -1.46. The minimum Gasteiger partial charge on any atom is -0.480 e. The fourth-order valence-corrected chi connectivity index (χ4v) is 1.19. The summed E-state index contributed by atoms with van der Waals surface area (Å²) in [6.45, 7) is 3.43. The van der Waals surface area contributed by atoms with Crippen LogP contribution in [0.2, 0.25) is 0 Å². The number of hydrogen-bond acceptors (Lipinski definition) is 4. The van der Waals surface area contributed by atoms with Gasteiger partial charge in [0, 0.05) is 0 Å². The Bertz CT molecular complexity index is 274. The first-order chi connectivity index (χ1) is 5.49. The molecule has 70 valence electrons. The van der Waals surface area contributed by atoms with Crippen molar-refractivity contribution < 1.29 is 18.3 Å². The second-order valence-electron chi connectivity index (χ2n) is 2.49. The van der Waals surface area contributed by atoms with Crippen LogP contribution >= 0.6 is 0 Å². The van der Waals surface area contributed by atoms with Gasteiger partial charge in [0.2, 0.25) is 0 Å². The third-order valence-corrected chi connectivity index (χ3v) is 2.03. The molecule has 0 aromatic heterocycles. The molecule has 0 aliphatic heterocycles. The lowest BCUT2D eigenvalue weighted by Gasteiger charge is -2.10. The third-order valence-electron chi connectivity index (χ3n) is 1.64. The van der Waals surface area contributed by atoms with E-state index in [9.17, 15) is 13.2 Å². The highest BCUT2D eigenvalue weighted by Gasteiger charge is 2.22. The molecule has 0 bridgehead atoms. The zero-order chi connectivity index (χ0) is 9.72. The molecule has 0 aromatic carbocycles. The van der Waals surface area contributed by atoms with Crippen molar-refractivity contribution >= 4 is 16.5 Å².